The van der Waals surface area contributed by atoms with Crippen LogP contribution < -0.4 is 5.73 Å². The number of halogens is 1. The number of nitrogens with zero attached hydrogens (tertiary/aromatic N) is 3. The van der Waals surface area contributed by atoms with E-state index in [0.29, 0.717) is 12.1 Å². The quantitative estimate of drug-likeness (QED) is 0.351. The van der Waals surface area contributed by atoms with Crippen molar-refractivity contribution in [3.63, 3.8) is 0 Å². The number of aromatic nitrogens is 1. The first-order chi connectivity index (χ1) is 19.1. The SMILES string of the molecule is CC(C)(C)[S@@](=O)N1C(CCO)c2c(cc(C(N)=O)nc2-c2cccc(Br)c2)C1[C@@H]1CCN(Cc2ccccc2)C1. The van der Waals surface area contributed by atoms with Crippen molar-refractivity contribution < 1.29 is 14.1 Å². The highest BCUT2D eigenvalue weighted by molar-refractivity contribution is 9.10. The number of amides is 1. The maximum Gasteiger partial charge on any atom is 0.267 e. The molecule has 4 atom stereocenters. The lowest BCUT2D eigenvalue weighted by molar-refractivity contribution is 0.0995. The first kappa shape index (κ1) is 29.1. The number of aliphatic hydroxyl groups excluding tert-OH is 1. The van der Waals surface area contributed by atoms with Gasteiger partial charge in [0.05, 0.1) is 22.5 Å². The second-order valence-electron chi connectivity index (χ2n) is 11.7. The molecule has 1 fully saturated rings. The number of carbonyl (C=O) groups is 1. The van der Waals surface area contributed by atoms with Crippen molar-refractivity contribution in [2.24, 2.45) is 11.7 Å². The Morgan fingerprint density at radius 1 is 1.15 bits per heavy atom. The molecule has 3 aromatic rings. The van der Waals surface area contributed by atoms with Crippen LogP contribution in [0.25, 0.3) is 11.3 Å². The molecule has 0 bridgehead atoms. The van der Waals surface area contributed by atoms with Crippen LogP contribution in [0.2, 0.25) is 0 Å². The van der Waals surface area contributed by atoms with Gasteiger partial charge in [-0.15, -0.1) is 0 Å². The molecule has 1 amide bonds. The van der Waals surface area contributed by atoms with Crippen molar-refractivity contribution in [3.8, 4) is 11.3 Å². The summed E-state index contributed by atoms with van der Waals surface area (Å²) in [4.78, 5) is 19.8. The lowest BCUT2D eigenvalue weighted by Crippen LogP contribution is -2.41. The van der Waals surface area contributed by atoms with Crippen LogP contribution >= 0.6 is 15.9 Å². The molecule has 212 valence electrons. The van der Waals surface area contributed by atoms with Gasteiger partial charge in [-0.25, -0.2) is 13.5 Å². The Hall–Kier alpha value is -2.43. The molecular weight excluding hydrogens is 588 g/mol. The zero-order valence-electron chi connectivity index (χ0n) is 23.2. The number of pyridine rings is 1. The van der Waals surface area contributed by atoms with Gasteiger partial charge in [-0.3, -0.25) is 9.69 Å². The lowest BCUT2D eigenvalue weighted by atomic mass is 9.89. The summed E-state index contributed by atoms with van der Waals surface area (Å²) >= 11 is 3.57. The number of primary amides is 1. The molecule has 2 aliphatic rings. The van der Waals surface area contributed by atoms with Crippen LogP contribution in [0, 0.1) is 5.92 Å². The number of hydrogen-bond acceptors (Lipinski definition) is 5. The van der Waals surface area contributed by atoms with E-state index in [1.807, 2.05) is 57.2 Å². The first-order valence-electron chi connectivity index (χ1n) is 13.8. The second kappa shape index (κ2) is 11.8. The Balaban J connectivity index is 1.66. The molecule has 2 unspecified atom stereocenters. The van der Waals surface area contributed by atoms with E-state index in [4.69, 9.17) is 10.7 Å². The summed E-state index contributed by atoms with van der Waals surface area (Å²) in [6, 6.07) is 19.5. The Kier molecular flexibility index (Phi) is 8.59. The number of likely N-dealkylation sites (tertiary alicyclic amines) is 1. The van der Waals surface area contributed by atoms with Gasteiger partial charge in [0.25, 0.3) is 5.91 Å². The van der Waals surface area contributed by atoms with Gasteiger partial charge in [0, 0.05) is 35.3 Å². The zero-order chi connectivity index (χ0) is 28.6. The average molecular weight is 626 g/mol. The number of carbonyl (C=O) groups excluding carboxylic acids is 1. The molecule has 0 saturated carbocycles. The van der Waals surface area contributed by atoms with E-state index in [-0.39, 0.29) is 30.3 Å². The minimum absolute atomic E-state index is 0.0606. The Morgan fingerprint density at radius 3 is 2.55 bits per heavy atom. The van der Waals surface area contributed by atoms with Crippen molar-refractivity contribution in [1.29, 1.82) is 0 Å². The Labute approximate surface area is 247 Å². The van der Waals surface area contributed by atoms with Gasteiger partial charge >= 0.3 is 0 Å². The molecule has 3 heterocycles. The molecule has 3 N–H and O–H groups in total. The number of fused-ring (bicyclic) bond motifs is 1. The third-order valence-electron chi connectivity index (χ3n) is 7.80. The fourth-order valence-electron chi connectivity index (χ4n) is 6.11. The molecule has 0 aliphatic carbocycles. The summed E-state index contributed by atoms with van der Waals surface area (Å²) in [6.07, 6.45) is 1.34. The van der Waals surface area contributed by atoms with Gasteiger partial charge in [-0.1, -0.05) is 58.4 Å². The summed E-state index contributed by atoms with van der Waals surface area (Å²) < 4.78 is 16.8. The van der Waals surface area contributed by atoms with Crippen LogP contribution in [0.5, 0.6) is 0 Å². The molecule has 2 aromatic carbocycles. The van der Waals surface area contributed by atoms with Gasteiger partial charge < -0.3 is 10.8 Å². The normalized spacial score (nSPS) is 22.4. The minimum atomic E-state index is -1.38. The molecule has 9 heteroatoms. The summed E-state index contributed by atoms with van der Waals surface area (Å²) in [5.74, 6) is -0.417. The van der Waals surface area contributed by atoms with E-state index in [0.717, 1.165) is 47.2 Å². The predicted octanol–water partition coefficient (Wildman–Crippen LogP) is 5.37. The summed E-state index contributed by atoms with van der Waals surface area (Å²) in [7, 11) is -1.38. The van der Waals surface area contributed by atoms with Crippen molar-refractivity contribution in [2.75, 3.05) is 19.7 Å². The van der Waals surface area contributed by atoms with Gasteiger partial charge in [0.2, 0.25) is 0 Å². The molecule has 40 heavy (non-hydrogen) atoms. The maximum atomic E-state index is 14.3. The number of benzene rings is 2. The highest BCUT2D eigenvalue weighted by atomic mass is 79.9. The number of hydrogen-bond donors (Lipinski definition) is 2. The van der Waals surface area contributed by atoms with Gasteiger partial charge in [0.15, 0.2) is 0 Å². The minimum Gasteiger partial charge on any atom is -0.396 e. The Morgan fingerprint density at radius 2 is 1.90 bits per heavy atom. The molecule has 1 aromatic heterocycles. The van der Waals surface area contributed by atoms with Crippen LogP contribution in [0.4, 0.5) is 0 Å². The van der Waals surface area contributed by atoms with E-state index >= 15 is 0 Å². The van der Waals surface area contributed by atoms with Crippen LogP contribution in [-0.4, -0.2) is 53.9 Å². The smallest absolute Gasteiger partial charge is 0.267 e. The molecule has 5 rings (SSSR count). The highest BCUT2D eigenvalue weighted by Gasteiger charge is 2.50. The molecule has 2 aliphatic heterocycles. The van der Waals surface area contributed by atoms with Gasteiger partial charge in [-0.05, 0) is 75.4 Å². The van der Waals surface area contributed by atoms with E-state index in [1.54, 1.807) is 0 Å². The summed E-state index contributed by atoms with van der Waals surface area (Å²) in [6.45, 7) is 8.51. The molecule has 0 spiro atoms. The third kappa shape index (κ3) is 5.81. The zero-order valence-corrected chi connectivity index (χ0v) is 25.6. The monoisotopic (exact) mass is 624 g/mol. The van der Waals surface area contributed by atoms with E-state index in [1.165, 1.54) is 5.56 Å². The largest absolute Gasteiger partial charge is 0.396 e. The Bertz CT molecular complexity index is 1410. The predicted molar refractivity (Wildman–Crippen MR) is 163 cm³/mol. The standard InChI is InChI=1S/C31H37BrN4O3S/c1-31(2,3)40(39)36-26(13-15-37)27-24(17-25(30(33)38)34-28(27)21-10-7-11-23(32)16-21)29(36)22-12-14-35(19-22)18-20-8-5-4-6-9-20/h4-11,16-17,22,26,29,37H,12-15,18-19H2,1-3H3,(H2,33,38)/t22-,26?,29?,40-/m1/s1. The van der Waals surface area contributed by atoms with Crippen molar-refractivity contribution in [3.05, 3.63) is 87.5 Å². The highest BCUT2D eigenvalue weighted by Crippen LogP contribution is 2.53. The first-order valence-corrected chi connectivity index (χ1v) is 15.7. The third-order valence-corrected chi connectivity index (χ3v) is 10.2. The van der Waals surface area contributed by atoms with E-state index in [2.05, 4.69) is 49.4 Å². The van der Waals surface area contributed by atoms with Crippen molar-refractivity contribution in [2.45, 2.75) is 57.0 Å². The van der Waals surface area contributed by atoms with Crippen molar-refractivity contribution >= 4 is 32.8 Å². The second-order valence-corrected chi connectivity index (χ2v) is 14.8. The number of nitrogens with two attached hydrogens (primary N) is 1. The number of rotatable bonds is 8. The van der Waals surface area contributed by atoms with Crippen LogP contribution in [-0.2, 0) is 17.5 Å². The summed E-state index contributed by atoms with van der Waals surface area (Å²) in [5.41, 5.74) is 10.7. The fraction of sp³-hybridized carbons (Fsp3) is 0.419. The van der Waals surface area contributed by atoms with Crippen molar-refractivity contribution in [1.82, 2.24) is 14.2 Å². The lowest BCUT2D eigenvalue weighted by Gasteiger charge is -2.37. The number of aliphatic hydroxyl groups is 1. The van der Waals surface area contributed by atoms with E-state index < -0.39 is 21.6 Å². The van der Waals surface area contributed by atoms with Gasteiger partial charge in [0.1, 0.15) is 16.7 Å². The van der Waals surface area contributed by atoms with Crippen LogP contribution in [0.15, 0.2) is 65.1 Å². The average Bonchev–Trinajstić information content (AvgIpc) is 3.50. The summed E-state index contributed by atoms with van der Waals surface area (Å²) in [5, 5.41) is 10.2. The van der Waals surface area contributed by atoms with Crippen LogP contribution in [0.3, 0.4) is 0 Å². The topological polar surface area (TPSA) is 99.8 Å². The molecular formula is C31H37BrN4O3S. The maximum absolute atomic E-state index is 14.3. The van der Waals surface area contributed by atoms with E-state index in [9.17, 15) is 14.1 Å². The molecule has 7 nitrogen and oxygen atoms in total. The van der Waals surface area contributed by atoms with Crippen LogP contribution in [0.1, 0.15) is 72.9 Å². The fourth-order valence-corrected chi connectivity index (χ4v) is 8.07. The molecule has 0 radical (unpaired) electrons. The molecule has 1 saturated heterocycles. The van der Waals surface area contributed by atoms with Gasteiger partial charge in [-0.2, -0.15) is 0 Å².